The molecule has 1 aromatic carbocycles. The lowest BCUT2D eigenvalue weighted by molar-refractivity contribution is -0.134. The van der Waals surface area contributed by atoms with E-state index in [0.29, 0.717) is 35.9 Å². The number of carbonyl (C=O) groups is 3. The maximum absolute atomic E-state index is 12.6. The zero-order chi connectivity index (χ0) is 21.5. The van der Waals surface area contributed by atoms with Crippen LogP contribution < -0.4 is 20.3 Å². The summed E-state index contributed by atoms with van der Waals surface area (Å²) in [6, 6.07) is 9.86. The van der Waals surface area contributed by atoms with Crippen molar-refractivity contribution in [3.8, 4) is 11.5 Å². The van der Waals surface area contributed by atoms with E-state index in [9.17, 15) is 14.4 Å². The van der Waals surface area contributed by atoms with Gasteiger partial charge < -0.3 is 14.4 Å². The van der Waals surface area contributed by atoms with E-state index >= 15 is 0 Å². The van der Waals surface area contributed by atoms with Crippen molar-refractivity contribution in [1.82, 2.24) is 15.8 Å². The minimum absolute atomic E-state index is 0.166. The second-order valence-corrected chi connectivity index (χ2v) is 7.72. The third kappa shape index (κ3) is 5.29. The van der Waals surface area contributed by atoms with Gasteiger partial charge in [0.15, 0.2) is 6.10 Å². The highest BCUT2D eigenvalue weighted by Gasteiger charge is 2.35. The third-order valence-corrected chi connectivity index (χ3v) is 5.53. The Morgan fingerprint density at radius 3 is 2.57 bits per heavy atom. The van der Waals surface area contributed by atoms with Gasteiger partial charge in [-0.25, -0.2) is 0 Å². The largest absolute Gasteiger partial charge is 0.494 e. The first-order valence-electron chi connectivity index (χ1n) is 9.83. The first-order chi connectivity index (χ1) is 14.5. The SMILES string of the molecule is CCOc1ccc(OC(C)C(=O)NNC(=O)C2CCCN2C(=O)c2cccs2)cc1. The molecule has 8 nitrogen and oxygen atoms in total. The highest BCUT2D eigenvalue weighted by atomic mass is 32.1. The molecule has 2 unspecified atom stereocenters. The van der Waals surface area contributed by atoms with Crippen molar-refractivity contribution in [2.24, 2.45) is 0 Å². The molecule has 0 aliphatic carbocycles. The lowest BCUT2D eigenvalue weighted by Gasteiger charge is -2.24. The second kappa shape index (κ2) is 10.1. The fraction of sp³-hybridized carbons (Fsp3) is 0.381. The molecule has 1 aliphatic heterocycles. The lowest BCUT2D eigenvalue weighted by Crippen LogP contribution is -2.53. The zero-order valence-electron chi connectivity index (χ0n) is 16.9. The highest BCUT2D eigenvalue weighted by Crippen LogP contribution is 2.22. The van der Waals surface area contributed by atoms with Crippen LogP contribution in [0, 0.1) is 0 Å². The predicted octanol–water partition coefficient (Wildman–Crippen LogP) is 2.37. The maximum atomic E-state index is 12.6. The van der Waals surface area contributed by atoms with Gasteiger partial charge in [0.2, 0.25) is 0 Å². The van der Waals surface area contributed by atoms with Crippen LogP contribution in [0.5, 0.6) is 11.5 Å². The van der Waals surface area contributed by atoms with E-state index in [-0.39, 0.29) is 5.91 Å². The van der Waals surface area contributed by atoms with E-state index in [1.807, 2.05) is 12.3 Å². The molecular weight excluding hydrogens is 406 g/mol. The molecule has 3 rings (SSSR count). The van der Waals surface area contributed by atoms with Crippen LogP contribution in [-0.2, 0) is 9.59 Å². The van der Waals surface area contributed by atoms with Gasteiger partial charge in [0.25, 0.3) is 17.7 Å². The molecule has 9 heteroatoms. The standard InChI is InChI=1S/C21H25N3O5S/c1-3-28-15-8-10-16(11-9-15)29-14(2)19(25)22-23-20(26)17-6-4-12-24(17)21(27)18-7-5-13-30-18/h5,7-11,13-14,17H,3-4,6,12H2,1-2H3,(H,22,25)(H,23,26). The first-order valence-corrected chi connectivity index (χ1v) is 10.7. The van der Waals surface area contributed by atoms with Crippen LogP contribution in [-0.4, -0.2) is 47.9 Å². The Morgan fingerprint density at radius 1 is 1.17 bits per heavy atom. The van der Waals surface area contributed by atoms with Crippen LogP contribution in [0.2, 0.25) is 0 Å². The molecule has 1 aromatic heterocycles. The molecule has 2 atom stereocenters. The molecule has 0 spiro atoms. The van der Waals surface area contributed by atoms with Gasteiger partial charge in [0.1, 0.15) is 17.5 Å². The molecule has 2 N–H and O–H groups in total. The van der Waals surface area contributed by atoms with E-state index in [1.165, 1.54) is 11.3 Å². The number of nitrogens with one attached hydrogen (secondary N) is 2. The molecule has 160 valence electrons. The molecule has 2 heterocycles. The third-order valence-electron chi connectivity index (χ3n) is 4.67. The number of nitrogens with zero attached hydrogens (tertiary/aromatic N) is 1. The number of benzene rings is 1. The van der Waals surface area contributed by atoms with E-state index in [2.05, 4.69) is 10.9 Å². The molecule has 1 aliphatic rings. The van der Waals surface area contributed by atoms with E-state index < -0.39 is 24.0 Å². The summed E-state index contributed by atoms with van der Waals surface area (Å²) in [7, 11) is 0. The monoisotopic (exact) mass is 431 g/mol. The fourth-order valence-corrected chi connectivity index (χ4v) is 3.85. The number of ether oxygens (including phenoxy) is 2. The molecule has 3 amide bonds. The van der Waals surface area contributed by atoms with Crippen molar-refractivity contribution >= 4 is 29.1 Å². The van der Waals surface area contributed by atoms with Gasteiger partial charge >= 0.3 is 0 Å². The molecule has 30 heavy (non-hydrogen) atoms. The predicted molar refractivity (Wildman–Crippen MR) is 112 cm³/mol. The Kier molecular flexibility index (Phi) is 7.29. The number of hydrazine groups is 1. The Balaban J connectivity index is 1.49. The molecular formula is C21H25N3O5S. The maximum Gasteiger partial charge on any atom is 0.279 e. The van der Waals surface area contributed by atoms with Crippen LogP contribution in [0.1, 0.15) is 36.4 Å². The summed E-state index contributed by atoms with van der Waals surface area (Å²) in [5.41, 5.74) is 4.80. The van der Waals surface area contributed by atoms with Gasteiger partial charge in [-0.05, 0) is 62.4 Å². The minimum atomic E-state index is -0.823. The van der Waals surface area contributed by atoms with Gasteiger partial charge in [0.05, 0.1) is 11.5 Å². The van der Waals surface area contributed by atoms with Crippen molar-refractivity contribution in [1.29, 1.82) is 0 Å². The minimum Gasteiger partial charge on any atom is -0.494 e. The summed E-state index contributed by atoms with van der Waals surface area (Å²) in [6.07, 6.45) is 0.466. The normalized spacial score (nSPS) is 16.6. The summed E-state index contributed by atoms with van der Waals surface area (Å²) in [4.78, 5) is 39.5. The van der Waals surface area contributed by atoms with Crippen molar-refractivity contribution in [3.63, 3.8) is 0 Å². The molecule has 0 saturated carbocycles. The van der Waals surface area contributed by atoms with E-state index in [0.717, 1.165) is 6.42 Å². The topological polar surface area (TPSA) is 97.0 Å². The highest BCUT2D eigenvalue weighted by molar-refractivity contribution is 7.12. The number of likely N-dealkylation sites (tertiary alicyclic amines) is 1. The van der Waals surface area contributed by atoms with Crippen molar-refractivity contribution in [2.75, 3.05) is 13.2 Å². The average molecular weight is 432 g/mol. The molecule has 0 radical (unpaired) electrons. The summed E-state index contributed by atoms with van der Waals surface area (Å²) >= 11 is 1.34. The summed E-state index contributed by atoms with van der Waals surface area (Å²) in [5.74, 6) is 0.148. The number of hydrogen-bond donors (Lipinski definition) is 2. The number of amides is 3. The first kappa shape index (κ1) is 21.6. The van der Waals surface area contributed by atoms with Crippen LogP contribution in [0.15, 0.2) is 41.8 Å². The van der Waals surface area contributed by atoms with Gasteiger partial charge in [-0.15, -0.1) is 11.3 Å². The molecule has 1 saturated heterocycles. The summed E-state index contributed by atoms with van der Waals surface area (Å²) < 4.78 is 11.0. The van der Waals surface area contributed by atoms with Crippen molar-refractivity contribution in [2.45, 2.75) is 38.8 Å². The fourth-order valence-electron chi connectivity index (χ4n) is 3.17. The number of carbonyl (C=O) groups excluding carboxylic acids is 3. The molecule has 1 fully saturated rings. The van der Waals surface area contributed by atoms with Crippen LogP contribution in [0.4, 0.5) is 0 Å². The van der Waals surface area contributed by atoms with Gasteiger partial charge in [0, 0.05) is 6.54 Å². The number of rotatable bonds is 7. The molecule has 2 aromatic rings. The van der Waals surface area contributed by atoms with Crippen LogP contribution >= 0.6 is 11.3 Å². The number of hydrogen-bond acceptors (Lipinski definition) is 6. The van der Waals surface area contributed by atoms with E-state index in [4.69, 9.17) is 9.47 Å². The quantitative estimate of drug-likeness (QED) is 0.656. The van der Waals surface area contributed by atoms with Gasteiger partial charge in [-0.3, -0.25) is 25.2 Å². The molecule has 0 bridgehead atoms. The van der Waals surface area contributed by atoms with Crippen molar-refractivity contribution in [3.05, 3.63) is 46.7 Å². The summed E-state index contributed by atoms with van der Waals surface area (Å²) in [6.45, 7) is 4.56. The zero-order valence-corrected chi connectivity index (χ0v) is 17.7. The summed E-state index contributed by atoms with van der Waals surface area (Å²) in [5, 5.41) is 1.82. The van der Waals surface area contributed by atoms with Crippen LogP contribution in [0.3, 0.4) is 0 Å². The Morgan fingerprint density at radius 2 is 1.90 bits per heavy atom. The van der Waals surface area contributed by atoms with Crippen molar-refractivity contribution < 1.29 is 23.9 Å². The average Bonchev–Trinajstić information content (AvgIpc) is 3.45. The van der Waals surface area contributed by atoms with Gasteiger partial charge in [-0.1, -0.05) is 6.07 Å². The van der Waals surface area contributed by atoms with Gasteiger partial charge in [-0.2, -0.15) is 0 Å². The van der Waals surface area contributed by atoms with Crippen LogP contribution in [0.25, 0.3) is 0 Å². The smallest absolute Gasteiger partial charge is 0.279 e. The van der Waals surface area contributed by atoms with E-state index in [1.54, 1.807) is 48.2 Å². The Bertz CT molecular complexity index is 869. The Labute approximate surface area is 179 Å². The number of thiophene rings is 1. The Hall–Kier alpha value is -3.07. The lowest BCUT2D eigenvalue weighted by atomic mass is 10.2. The second-order valence-electron chi connectivity index (χ2n) is 6.78.